The molecule has 0 aliphatic carbocycles. The van der Waals surface area contributed by atoms with E-state index in [0.717, 1.165) is 23.7 Å². The van der Waals surface area contributed by atoms with Crippen molar-refractivity contribution in [3.63, 3.8) is 0 Å². The van der Waals surface area contributed by atoms with Crippen LogP contribution < -0.4 is 10.2 Å². The Bertz CT molecular complexity index is 862. The highest BCUT2D eigenvalue weighted by Crippen LogP contribution is 2.42. The summed E-state index contributed by atoms with van der Waals surface area (Å²) in [6.45, 7) is 12.7. The molecule has 0 fully saturated rings. The quantitative estimate of drug-likeness (QED) is 0.752. The van der Waals surface area contributed by atoms with Gasteiger partial charge in [0.15, 0.2) is 0 Å². The van der Waals surface area contributed by atoms with Crippen LogP contribution >= 0.6 is 11.3 Å². The highest BCUT2D eigenvalue weighted by Gasteiger charge is 2.32. The van der Waals surface area contributed by atoms with Crippen molar-refractivity contribution in [2.75, 3.05) is 29.9 Å². The number of anilines is 3. The number of thiophene rings is 1. The van der Waals surface area contributed by atoms with Crippen molar-refractivity contribution in [3.8, 4) is 0 Å². The number of para-hydroxylation sites is 2. The minimum absolute atomic E-state index is 0.00648. The molecular formula is C22H29N3O2S. The summed E-state index contributed by atoms with van der Waals surface area (Å²) in [4.78, 5) is 31.2. The summed E-state index contributed by atoms with van der Waals surface area (Å²) in [5.74, 6) is 0.783. The fourth-order valence-electron chi connectivity index (χ4n) is 3.73. The van der Waals surface area contributed by atoms with Crippen LogP contribution in [0.15, 0.2) is 29.6 Å². The molecule has 0 saturated carbocycles. The van der Waals surface area contributed by atoms with E-state index in [-0.39, 0.29) is 11.8 Å². The summed E-state index contributed by atoms with van der Waals surface area (Å²) < 4.78 is 0. The first-order valence-corrected chi connectivity index (χ1v) is 10.7. The second-order valence-electron chi connectivity index (χ2n) is 8.24. The van der Waals surface area contributed by atoms with E-state index < -0.39 is 0 Å². The largest absolute Gasteiger partial charge is 0.320 e. The van der Waals surface area contributed by atoms with Crippen LogP contribution in [0.4, 0.5) is 17.1 Å². The van der Waals surface area contributed by atoms with Crippen molar-refractivity contribution in [3.05, 3.63) is 40.1 Å². The Morgan fingerprint density at radius 2 is 1.79 bits per heavy atom. The molecule has 3 rings (SSSR count). The van der Waals surface area contributed by atoms with Crippen molar-refractivity contribution in [1.82, 2.24) is 4.90 Å². The lowest BCUT2D eigenvalue weighted by atomic mass is 10.1. The third-order valence-corrected chi connectivity index (χ3v) is 5.56. The number of fused-ring (bicyclic) bond motifs is 2. The summed E-state index contributed by atoms with van der Waals surface area (Å²) in [5.41, 5.74) is 2.67. The lowest BCUT2D eigenvalue weighted by Crippen LogP contribution is -2.41. The van der Waals surface area contributed by atoms with Crippen molar-refractivity contribution < 1.29 is 9.59 Å². The highest BCUT2D eigenvalue weighted by atomic mass is 32.1. The molecule has 6 heteroatoms. The maximum absolute atomic E-state index is 13.6. The molecule has 28 heavy (non-hydrogen) atoms. The van der Waals surface area contributed by atoms with E-state index in [2.05, 4.69) is 37.9 Å². The Kier molecular flexibility index (Phi) is 6.20. The van der Waals surface area contributed by atoms with E-state index in [0.29, 0.717) is 35.3 Å². The van der Waals surface area contributed by atoms with Crippen molar-refractivity contribution in [2.24, 2.45) is 11.8 Å². The van der Waals surface area contributed by atoms with Crippen LogP contribution in [0, 0.1) is 18.8 Å². The maximum atomic E-state index is 13.6. The molecule has 150 valence electrons. The maximum Gasteiger partial charge on any atom is 0.258 e. The molecule has 0 saturated heterocycles. The van der Waals surface area contributed by atoms with E-state index in [9.17, 15) is 9.59 Å². The van der Waals surface area contributed by atoms with Crippen LogP contribution in [0.2, 0.25) is 0 Å². The van der Waals surface area contributed by atoms with Crippen molar-refractivity contribution in [1.29, 1.82) is 0 Å². The molecule has 0 radical (unpaired) electrons. The number of carbonyl (C=O) groups is 2. The third-order valence-electron chi connectivity index (χ3n) is 4.66. The Morgan fingerprint density at radius 3 is 2.43 bits per heavy atom. The molecule has 1 aliphatic rings. The SMILES string of the molecule is Cc1scc2c1N(C(=O)CN(CC(C)C)CC(C)C)c1ccccc1NC2=O. The molecule has 0 bridgehead atoms. The smallest absolute Gasteiger partial charge is 0.258 e. The topological polar surface area (TPSA) is 52.7 Å². The minimum atomic E-state index is -0.164. The Hall–Kier alpha value is -2.18. The van der Waals surface area contributed by atoms with E-state index in [1.807, 2.05) is 36.6 Å². The number of carbonyl (C=O) groups excluding carboxylic acids is 2. The van der Waals surface area contributed by atoms with Gasteiger partial charge in [-0.25, -0.2) is 0 Å². The van der Waals surface area contributed by atoms with E-state index in [4.69, 9.17) is 0 Å². The third kappa shape index (κ3) is 4.28. The van der Waals surface area contributed by atoms with Crippen LogP contribution in [0.3, 0.4) is 0 Å². The molecule has 0 spiro atoms. The first-order valence-electron chi connectivity index (χ1n) is 9.81. The summed E-state index contributed by atoms with van der Waals surface area (Å²) in [6.07, 6.45) is 0. The molecule has 1 aromatic carbocycles. The number of hydrogen-bond acceptors (Lipinski definition) is 4. The van der Waals surface area contributed by atoms with Gasteiger partial charge in [-0.2, -0.15) is 0 Å². The number of rotatable bonds is 6. The number of amides is 2. The number of nitrogens with one attached hydrogen (secondary N) is 1. The van der Waals surface area contributed by atoms with E-state index >= 15 is 0 Å². The number of hydrogen-bond donors (Lipinski definition) is 1. The van der Waals surface area contributed by atoms with Gasteiger partial charge in [0, 0.05) is 23.3 Å². The average Bonchev–Trinajstić information content (AvgIpc) is 2.91. The molecule has 0 atom stereocenters. The monoisotopic (exact) mass is 399 g/mol. The molecule has 2 aromatic rings. The van der Waals surface area contributed by atoms with Crippen molar-refractivity contribution >= 4 is 40.2 Å². The molecule has 5 nitrogen and oxygen atoms in total. The van der Waals surface area contributed by atoms with Crippen LogP contribution in [-0.2, 0) is 4.79 Å². The highest BCUT2D eigenvalue weighted by molar-refractivity contribution is 7.11. The standard InChI is InChI=1S/C22H29N3O2S/c1-14(2)10-24(11-15(3)4)12-20(26)25-19-9-7-6-8-18(19)23-22(27)17-13-28-16(5)21(17)25/h6-9,13-15H,10-12H2,1-5H3,(H,23,27). The predicted octanol–water partition coefficient (Wildman–Crippen LogP) is 4.90. The summed E-state index contributed by atoms with van der Waals surface area (Å²) in [6, 6.07) is 7.52. The van der Waals surface area contributed by atoms with Gasteiger partial charge in [-0.15, -0.1) is 11.3 Å². The Balaban J connectivity index is 2.01. The summed E-state index contributed by atoms with van der Waals surface area (Å²) in [5, 5.41) is 4.79. The van der Waals surface area contributed by atoms with Gasteiger partial charge >= 0.3 is 0 Å². The zero-order chi connectivity index (χ0) is 20.4. The Labute approximate surface area is 171 Å². The Morgan fingerprint density at radius 1 is 1.14 bits per heavy atom. The van der Waals surface area contributed by atoms with Crippen LogP contribution in [-0.4, -0.2) is 36.3 Å². The second-order valence-corrected chi connectivity index (χ2v) is 9.32. The van der Waals surface area contributed by atoms with Gasteiger partial charge in [0.2, 0.25) is 5.91 Å². The average molecular weight is 400 g/mol. The zero-order valence-corrected chi connectivity index (χ0v) is 18.1. The summed E-state index contributed by atoms with van der Waals surface area (Å²) >= 11 is 1.50. The molecule has 1 aliphatic heterocycles. The van der Waals surface area contributed by atoms with Gasteiger partial charge in [0.05, 0.1) is 29.2 Å². The van der Waals surface area contributed by atoms with E-state index in [1.54, 1.807) is 4.90 Å². The fourth-order valence-corrected chi connectivity index (χ4v) is 4.56. The first-order chi connectivity index (χ1) is 13.3. The summed E-state index contributed by atoms with van der Waals surface area (Å²) in [7, 11) is 0. The molecule has 2 amide bonds. The molecular weight excluding hydrogens is 370 g/mol. The first kappa shape index (κ1) is 20.6. The van der Waals surface area contributed by atoms with Crippen LogP contribution in [0.25, 0.3) is 0 Å². The number of nitrogens with zero attached hydrogens (tertiary/aromatic N) is 2. The molecule has 1 N–H and O–H groups in total. The lowest BCUT2D eigenvalue weighted by Gasteiger charge is -2.30. The molecule has 0 unspecified atom stereocenters. The molecule has 2 heterocycles. The van der Waals surface area contributed by atoms with Gasteiger partial charge in [-0.3, -0.25) is 19.4 Å². The van der Waals surface area contributed by atoms with Crippen LogP contribution in [0.5, 0.6) is 0 Å². The number of aryl methyl sites for hydroxylation is 1. The molecule has 1 aromatic heterocycles. The lowest BCUT2D eigenvalue weighted by molar-refractivity contribution is -0.119. The van der Waals surface area contributed by atoms with Gasteiger partial charge in [-0.05, 0) is 30.9 Å². The van der Waals surface area contributed by atoms with E-state index in [1.165, 1.54) is 11.3 Å². The van der Waals surface area contributed by atoms with Gasteiger partial charge in [-0.1, -0.05) is 39.8 Å². The van der Waals surface area contributed by atoms with Crippen molar-refractivity contribution in [2.45, 2.75) is 34.6 Å². The normalized spacial score (nSPS) is 13.6. The minimum Gasteiger partial charge on any atom is -0.320 e. The van der Waals surface area contributed by atoms with Gasteiger partial charge < -0.3 is 5.32 Å². The fraction of sp³-hybridized carbons (Fsp3) is 0.455. The number of benzene rings is 1. The predicted molar refractivity (Wildman–Crippen MR) is 117 cm³/mol. The second kappa shape index (κ2) is 8.45. The van der Waals surface area contributed by atoms with Crippen LogP contribution in [0.1, 0.15) is 42.9 Å². The van der Waals surface area contributed by atoms with Gasteiger partial charge in [0.25, 0.3) is 5.91 Å². The zero-order valence-electron chi connectivity index (χ0n) is 17.3. The van der Waals surface area contributed by atoms with Gasteiger partial charge in [0.1, 0.15) is 0 Å².